The lowest BCUT2D eigenvalue weighted by atomic mass is 10.1. The summed E-state index contributed by atoms with van der Waals surface area (Å²) in [6.45, 7) is 1.98. The predicted octanol–water partition coefficient (Wildman–Crippen LogP) is 2.38. The number of carbonyl (C=O) groups excluding carboxylic acids is 1. The molecular weight excluding hydrogens is 275 g/mol. The number of methoxy groups -OCH3 is 1. The molecule has 0 aliphatic heterocycles. The van der Waals surface area contributed by atoms with Crippen LogP contribution in [0, 0.1) is 5.82 Å². The maximum absolute atomic E-state index is 13.7. The van der Waals surface area contributed by atoms with E-state index in [0.717, 1.165) is 0 Å². The molecular formula is C15H17FN2O3. The first-order chi connectivity index (χ1) is 10.0. The molecule has 0 aliphatic carbocycles. The highest BCUT2D eigenvalue weighted by Crippen LogP contribution is 2.22. The van der Waals surface area contributed by atoms with Gasteiger partial charge in [-0.15, -0.1) is 0 Å². The minimum Gasteiger partial charge on any atom is -0.494 e. The Labute approximate surface area is 121 Å². The van der Waals surface area contributed by atoms with Gasteiger partial charge < -0.3 is 20.2 Å². The van der Waals surface area contributed by atoms with Crippen LogP contribution in [0.4, 0.5) is 4.39 Å². The topological polar surface area (TPSA) is 77.5 Å². The number of halogens is 1. The van der Waals surface area contributed by atoms with Gasteiger partial charge in [0.2, 0.25) is 0 Å². The maximum Gasteiger partial charge on any atom is 0.287 e. The van der Waals surface area contributed by atoms with Crippen molar-refractivity contribution in [3.63, 3.8) is 0 Å². The molecule has 6 heteroatoms. The number of nitrogens with two attached hydrogens (primary N) is 1. The summed E-state index contributed by atoms with van der Waals surface area (Å²) in [6.07, 6.45) is 0. The first kappa shape index (κ1) is 15.1. The third-order valence-corrected chi connectivity index (χ3v) is 3.11. The Morgan fingerprint density at radius 2 is 2.19 bits per heavy atom. The summed E-state index contributed by atoms with van der Waals surface area (Å²) >= 11 is 0. The Hall–Kier alpha value is -2.34. The summed E-state index contributed by atoms with van der Waals surface area (Å²) in [5.41, 5.74) is 6.05. The van der Waals surface area contributed by atoms with E-state index in [1.165, 1.54) is 19.2 Å². The highest BCUT2D eigenvalue weighted by Gasteiger charge is 2.16. The summed E-state index contributed by atoms with van der Waals surface area (Å²) in [5.74, 6) is 0.0217. The van der Waals surface area contributed by atoms with Crippen molar-refractivity contribution in [2.24, 2.45) is 5.73 Å². The number of carbonyl (C=O) groups is 1. The maximum atomic E-state index is 13.7. The van der Waals surface area contributed by atoms with Crippen molar-refractivity contribution >= 4 is 5.91 Å². The third kappa shape index (κ3) is 3.41. The number of amides is 1. The molecule has 1 aromatic carbocycles. The fourth-order valence-electron chi connectivity index (χ4n) is 1.91. The largest absolute Gasteiger partial charge is 0.494 e. The van der Waals surface area contributed by atoms with Crippen LogP contribution in [0.1, 0.15) is 34.8 Å². The molecule has 1 aromatic heterocycles. The van der Waals surface area contributed by atoms with Crippen molar-refractivity contribution in [3.05, 3.63) is 53.2 Å². The van der Waals surface area contributed by atoms with Crippen molar-refractivity contribution in [1.82, 2.24) is 5.32 Å². The minimum absolute atomic E-state index is 0.163. The molecule has 21 heavy (non-hydrogen) atoms. The number of rotatable bonds is 5. The third-order valence-electron chi connectivity index (χ3n) is 3.11. The molecule has 3 N–H and O–H groups in total. The van der Waals surface area contributed by atoms with Crippen LogP contribution in [-0.4, -0.2) is 13.0 Å². The fourth-order valence-corrected chi connectivity index (χ4v) is 1.91. The van der Waals surface area contributed by atoms with E-state index in [0.29, 0.717) is 11.3 Å². The van der Waals surface area contributed by atoms with Crippen LogP contribution < -0.4 is 15.8 Å². The first-order valence-electron chi connectivity index (χ1n) is 6.48. The van der Waals surface area contributed by atoms with E-state index in [9.17, 15) is 9.18 Å². The average Bonchev–Trinajstić information content (AvgIpc) is 2.96. The number of ether oxygens (including phenoxy) is 1. The van der Waals surface area contributed by atoms with Crippen LogP contribution in [0.3, 0.4) is 0 Å². The van der Waals surface area contributed by atoms with Crippen molar-refractivity contribution in [2.45, 2.75) is 19.5 Å². The molecule has 2 rings (SSSR count). The molecule has 0 saturated carbocycles. The lowest BCUT2D eigenvalue weighted by Crippen LogP contribution is -2.26. The van der Waals surface area contributed by atoms with Gasteiger partial charge >= 0.3 is 0 Å². The van der Waals surface area contributed by atoms with Gasteiger partial charge in [0.15, 0.2) is 17.3 Å². The van der Waals surface area contributed by atoms with Gasteiger partial charge in [0.05, 0.1) is 19.7 Å². The van der Waals surface area contributed by atoms with Gasteiger partial charge in [-0.25, -0.2) is 4.39 Å². The van der Waals surface area contributed by atoms with Crippen LogP contribution in [0.2, 0.25) is 0 Å². The van der Waals surface area contributed by atoms with E-state index in [1.54, 1.807) is 25.1 Å². The molecule has 0 bridgehead atoms. The van der Waals surface area contributed by atoms with Crippen molar-refractivity contribution in [1.29, 1.82) is 0 Å². The van der Waals surface area contributed by atoms with Crippen LogP contribution >= 0.6 is 0 Å². The van der Waals surface area contributed by atoms with Gasteiger partial charge in [-0.3, -0.25) is 4.79 Å². The number of hydrogen-bond donors (Lipinski definition) is 2. The molecule has 1 atom stereocenters. The minimum atomic E-state index is -0.473. The zero-order chi connectivity index (χ0) is 15.4. The highest BCUT2D eigenvalue weighted by molar-refractivity contribution is 5.91. The lowest BCUT2D eigenvalue weighted by molar-refractivity contribution is 0.0910. The van der Waals surface area contributed by atoms with Crippen molar-refractivity contribution in [2.75, 3.05) is 7.11 Å². The van der Waals surface area contributed by atoms with Gasteiger partial charge in [0, 0.05) is 0 Å². The van der Waals surface area contributed by atoms with Crippen molar-refractivity contribution < 1.29 is 18.3 Å². The molecule has 5 nitrogen and oxygen atoms in total. The van der Waals surface area contributed by atoms with Gasteiger partial charge in [0.1, 0.15) is 5.76 Å². The average molecular weight is 292 g/mol. The second-order valence-electron chi connectivity index (χ2n) is 4.56. The fraction of sp³-hybridized carbons (Fsp3) is 0.267. The molecule has 0 saturated heterocycles. The SMILES string of the molecule is COc1ccc(C(C)NC(=O)c2ccc(CN)o2)cc1F. The zero-order valence-electron chi connectivity index (χ0n) is 11.9. The molecule has 0 fully saturated rings. The van der Waals surface area contributed by atoms with Crippen LogP contribution in [0.25, 0.3) is 0 Å². The number of nitrogens with one attached hydrogen (secondary N) is 1. The molecule has 0 spiro atoms. The second kappa shape index (κ2) is 6.41. The summed E-state index contributed by atoms with van der Waals surface area (Å²) in [6, 6.07) is 7.37. The van der Waals surface area contributed by atoms with Crippen molar-refractivity contribution in [3.8, 4) is 5.75 Å². The van der Waals surface area contributed by atoms with E-state index < -0.39 is 5.82 Å². The smallest absolute Gasteiger partial charge is 0.287 e. The molecule has 0 aliphatic rings. The van der Waals surface area contributed by atoms with Crippen LogP contribution in [0.5, 0.6) is 5.75 Å². The van der Waals surface area contributed by atoms with Gasteiger partial charge in [-0.1, -0.05) is 6.07 Å². The molecule has 2 aromatic rings. The predicted molar refractivity (Wildman–Crippen MR) is 75.4 cm³/mol. The summed E-state index contributed by atoms with van der Waals surface area (Å²) in [4.78, 5) is 12.0. The number of furan rings is 1. The van der Waals surface area contributed by atoms with Gasteiger partial charge in [-0.2, -0.15) is 0 Å². The highest BCUT2D eigenvalue weighted by atomic mass is 19.1. The quantitative estimate of drug-likeness (QED) is 0.887. The lowest BCUT2D eigenvalue weighted by Gasteiger charge is -2.14. The molecule has 1 heterocycles. The van der Waals surface area contributed by atoms with E-state index >= 15 is 0 Å². The Morgan fingerprint density at radius 1 is 1.43 bits per heavy atom. The molecule has 1 amide bonds. The Morgan fingerprint density at radius 3 is 2.76 bits per heavy atom. The molecule has 112 valence electrons. The monoisotopic (exact) mass is 292 g/mol. The normalized spacial score (nSPS) is 12.0. The van der Waals surface area contributed by atoms with Gasteiger partial charge in [0.25, 0.3) is 5.91 Å². The van der Waals surface area contributed by atoms with Crippen LogP contribution in [0.15, 0.2) is 34.7 Å². The standard InChI is InChI=1S/C15H17FN2O3/c1-9(10-3-5-13(20-2)12(16)7-10)18-15(19)14-6-4-11(8-17)21-14/h3-7,9H,8,17H2,1-2H3,(H,18,19). The first-order valence-corrected chi connectivity index (χ1v) is 6.48. The summed E-state index contributed by atoms with van der Waals surface area (Å²) < 4.78 is 23.8. The molecule has 0 radical (unpaired) electrons. The Bertz CT molecular complexity index is 640. The number of hydrogen-bond acceptors (Lipinski definition) is 4. The van der Waals surface area contributed by atoms with Crippen LogP contribution in [-0.2, 0) is 6.54 Å². The van der Waals surface area contributed by atoms with E-state index in [2.05, 4.69) is 5.32 Å². The summed E-state index contributed by atoms with van der Waals surface area (Å²) in [5, 5.41) is 2.73. The number of benzene rings is 1. The Kier molecular flexibility index (Phi) is 4.59. The van der Waals surface area contributed by atoms with E-state index in [1.807, 2.05) is 0 Å². The van der Waals surface area contributed by atoms with Gasteiger partial charge in [-0.05, 0) is 36.8 Å². The van der Waals surface area contributed by atoms with E-state index in [4.69, 9.17) is 14.9 Å². The zero-order valence-corrected chi connectivity index (χ0v) is 11.9. The second-order valence-corrected chi connectivity index (χ2v) is 4.56. The van der Waals surface area contributed by atoms with E-state index in [-0.39, 0.29) is 30.0 Å². The molecule has 1 unspecified atom stereocenters. The Balaban J connectivity index is 2.08. The summed E-state index contributed by atoms with van der Waals surface area (Å²) in [7, 11) is 1.40.